The number of hydrogen-bond donors (Lipinski definition) is 0. The fraction of sp³-hybridized carbons (Fsp3) is 0.480. The molecule has 0 atom stereocenters. The number of rotatable bonds is 9. The molecule has 2 aromatic rings. The second kappa shape index (κ2) is 12.6. The minimum absolute atomic E-state index is 0.00428. The predicted octanol–water partition coefficient (Wildman–Crippen LogP) is 5.54. The van der Waals surface area contributed by atoms with E-state index < -0.39 is 0 Å². The van der Waals surface area contributed by atoms with Crippen LogP contribution in [0, 0.1) is 11.8 Å². The number of carbonyl (C=O) groups excluding carboxylic acids is 1. The van der Waals surface area contributed by atoms with Crippen LogP contribution in [0.15, 0.2) is 29.2 Å². The summed E-state index contributed by atoms with van der Waals surface area (Å²) in [4.78, 5) is 12.5. The number of esters is 1. The molecule has 0 aliphatic carbocycles. The molecule has 176 valence electrons. The Balaban J connectivity index is 1.71. The Bertz CT molecular complexity index is 1010. The molecule has 33 heavy (non-hydrogen) atoms. The van der Waals surface area contributed by atoms with Crippen LogP contribution in [0.25, 0.3) is 0 Å². The van der Waals surface area contributed by atoms with Crippen molar-refractivity contribution in [2.24, 2.45) is 0 Å². The molecule has 1 aliphatic heterocycles. The molecule has 0 saturated heterocycles. The molecule has 0 saturated carbocycles. The number of nitrogens with zero attached hydrogens (tertiary/aromatic N) is 2. The van der Waals surface area contributed by atoms with E-state index in [-0.39, 0.29) is 10.0 Å². The molecule has 0 N–H and O–H groups in total. The number of thioether (sulfide) groups is 3. The molecule has 0 bridgehead atoms. The van der Waals surface area contributed by atoms with Crippen LogP contribution in [-0.2, 0) is 20.0 Å². The maximum atomic E-state index is 11.4. The SMILES string of the molecule is CCOC(=O)CCCCc1ccc(C#Cc2cc3c(cc2SC)OCCC3(SC)SC)nn1. The molecular weight excluding hydrogens is 472 g/mol. The van der Waals surface area contributed by atoms with Gasteiger partial charge in [-0.1, -0.05) is 5.92 Å². The molecule has 5 nitrogen and oxygen atoms in total. The molecule has 0 amide bonds. The van der Waals surface area contributed by atoms with Gasteiger partial charge in [-0.3, -0.25) is 4.79 Å². The highest BCUT2D eigenvalue weighted by Gasteiger charge is 2.37. The highest BCUT2D eigenvalue weighted by molar-refractivity contribution is 8.16. The lowest BCUT2D eigenvalue weighted by Gasteiger charge is -2.36. The number of aromatic nitrogens is 2. The predicted molar refractivity (Wildman–Crippen MR) is 139 cm³/mol. The van der Waals surface area contributed by atoms with E-state index in [9.17, 15) is 4.79 Å². The average Bonchev–Trinajstić information content (AvgIpc) is 2.85. The lowest BCUT2D eigenvalue weighted by atomic mass is 10.0. The van der Waals surface area contributed by atoms with E-state index in [4.69, 9.17) is 9.47 Å². The van der Waals surface area contributed by atoms with Crippen molar-refractivity contribution >= 4 is 41.3 Å². The van der Waals surface area contributed by atoms with E-state index in [0.29, 0.717) is 18.7 Å². The first-order chi connectivity index (χ1) is 16.0. The zero-order valence-corrected chi connectivity index (χ0v) is 22.1. The lowest BCUT2D eigenvalue weighted by molar-refractivity contribution is -0.143. The quantitative estimate of drug-likeness (QED) is 0.146. The maximum absolute atomic E-state index is 11.4. The van der Waals surface area contributed by atoms with Crippen LogP contribution in [0.2, 0.25) is 0 Å². The Morgan fingerprint density at radius 2 is 1.97 bits per heavy atom. The molecule has 1 aromatic heterocycles. The average molecular weight is 503 g/mol. The maximum Gasteiger partial charge on any atom is 0.305 e. The molecule has 1 aromatic carbocycles. The second-order valence-electron chi connectivity index (χ2n) is 7.48. The summed E-state index contributed by atoms with van der Waals surface area (Å²) in [6.45, 7) is 2.99. The van der Waals surface area contributed by atoms with Crippen LogP contribution >= 0.6 is 35.3 Å². The van der Waals surface area contributed by atoms with E-state index in [1.165, 1.54) is 5.56 Å². The van der Waals surface area contributed by atoms with Crippen molar-refractivity contribution in [2.75, 3.05) is 32.0 Å². The highest BCUT2D eigenvalue weighted by Crippen LogP contribution is 2.53. The van der Waals surface area contributed by atoms with Crippen LogP contribution in [0.4, 0.5) is 0 Å². The Morgan fingerprint density at radius 3 is 2.64 bits per heavy atom. The molecule has 0 spiro atoms. The Hall–Kier alpha value is -1.82. The minimum atomic E-state index is -0.139. The van der Waals surface area contributed by atoms with Gasteiger partial charge in [-0.25, -0.2) is 0 Å². The number of ether oxygens (including phenoxy) is 2. The molecular formula is C25H30N2O3S3. The third-order valence-corrected chi connectivity index (χ3v) is 9.42. The van der Waals surface area contributed by atoms with Crippen molar-refractivity contribution < 1.29 is 14.3 Å². The number of hydrogen-bond acceptors (Lipinski definition) is 8. The van der Waals surface area contributed by atoms with E-state index in [1.807, 2.05) is 42.6 Å². The molecule has 8 heteroatoms. The minimum Gasteiger partial charge on any atom is -0.493 e. The third kappa shape index (κ3) is 6.62. The molecule has 0 unspecified atom stereocenters. The summed E-state index contributed by atoms with van der Waals surface area (Å²) < 4.78 is 10.9. The topological polar surface area (TPSA) is 61.3 Å². The number of carbonyl (C=O) groups is 1. The van der Waals surface area contributed by atoms with E-state index in [1.54, 1.807) is 11.8 Å². The summed E-state index contributed by atoms with van der Waals surface area (Å²) in [6, 6.07) is 8.18. The van der Waals surface area contributed by atoms with Gasteiger partial charge in [-0.2, -0.15) is 5.10 Å². The number of unbranched alkanes of at least 4 members (excludes halogenated alkanes) is 1. The summed E-state index contributed by atoms with van der Waals surface area (Å²) in [7, 11) is 0. The number of aryl methyl sites for hydroxylation is 1. The van der Waals surface area contributed by atoms with Crippen LogP contribution in [0.3, 0.4) is 0 Å². The summed E-state index contributed by atoms with van der Waals surface area (Å²) in [5, 5.41) is 8.59. The molecule has 0 radical (unpaired) electrons. The Kier molecular flexibility index (Phi) is 9.84. The first-order valence-electron chi connectivity index (χ1n) is 11.0. The first-order valence-corrected chi connectivity index (χ1v) is 14.7. The van der Waals surface area contributed by atoms with Crippen molar-refractivity contribution in [3.8, 4) is 17.6 Å². The molecule has 2 heterocycles. The van der Waals surface area contributed by atoms with E-state index in [2.05, 4.69) is 52.9 Å². The van der Waals surface area contributed by atoms with Crippen molar-refractivity contribution in [1.29, 1.82) is 0 Å². The summed E-state index contributed by atoms with van der Waals surface area (Å²) >= 11 is 5.40. The van der Waals surface area contributed by atoms with Crippen LogP contribution in [-0.4, -0.2) is 48.1 Å². The standard InChI is InChI=1S/C25H30N2O3S3/c1-5-29-24(28)9-7-6-8-19-12-13-20(27-26-19)11-10-18-16-21-22(17-23(18)31-2)30-15-14-25(21,32-3)33-4/h12-13,16-17H,5-9,14-15H2,1-4H3. The Morgan fingerprint density at radius 1 is 1.15 bits per heavy atom. The van der Waals surface area contributed by atoms with Gasteiger partial charge < -0.3 is 9.47 Å². The van der Waals surface area contributed by atoms with Gasteiger partial charge in [0.25, 0.3) is 0 Å². The normalized spacial score (nSPS) is 13.9. The highest BCUT2D eigenvalue weighted by atomic mass is 32.2. The zero-order chi connectivity index (χ0) is 23.7. The third-order valence-electron chi connectivity index (χ3n) is 5.47. The largest absolute Gasteiger partial charge is 0.493 e. The number of fused-ring (bicyclic) bond motifs is 1. The molecule has 3 rings (SSSR count). The molecule has 0 fully saturated rings. The van der Waals surface area contributed by atoms with Gasteiger partial charge in [0.15, 0.2) is 0 Å². The monoisotopic (exact) mass is 502 g/mol. The second-order valence-corrected chi connectivity index (χ2v) is 10.8. The van der Waals surface area contributed by atoms with Crippen molar-refractivity contribution in [3.63, 3.8) is 0 Å². The van der Waals surface area contributed by atoms with Gasteiger partial charge in [0.1, 0.15) is 11.4 Å². The van der Waals surface area contributed by atoms with Crippen LogP contribution in [0.5, 0.6) is 5.75 Å². The smallest absolute Gasteiger partial charge is 0.305 e. The van der Waals surface area contributed by atoms with Crippen LogP contribution in [0.1, 0.15) is 55.1 Å². The Labute approximate surface area is 209 Å². The van der Waals surface area contributed by atoms with Crippen molar-refractivity contribution in [3.05, 3.63) is 46.8 Å². The molecule has 1 aliphatic rings. The number of benzene rings is 1. The van der Waals surface area contributed by atoms with Gasteiger partial charge in [-0.15, -0.1) is 40.4 Å². The van der Waals surface area contributed by atoms with Gasteiger partial charge in [0.2, 0.25) is 0 Å². The zero-order valence-electron chi connectivity index (χ0n) is 19.6. The van der Waals surface area contributed by atoms with Gasteiger partial charge >= 0.3 is 5.97 Å². The van der Waals surface area contributed by atoms with Crippen molar-refractivity contribution in [2.45, 2.75) is 48.0 Å². The fourth-order valence-corrected chi connectivity index (χ4v) is 6.24. The van der Waals surface area contributed by atoms with Crippen LogP contribution < -0.4 is 4.74 Å². The van der Waals surface area contributed by atoms with E-state index in [0.717, 1.165) is 54.2 Å². The summed E-state index contributed by atoms with van der Waals surface area (Å²) in [6.07, 6.45) is 10.2. The van der Waals surface area contributed by atoms with Gasteiger partial charge in [0, 0.05) is 28.9 Å². The lowest BCUT2D eigenvalue weighted by Crippen LogP contribution is -2.26. The van der Waals surface area contributed by atoms with Gasteiger partial charge in [0.05, 0.1) is 23.0 Å². The van der Waals surface area contributed by atoms with Gasteiger partial charge in [-0.05, 0) is 75.1 Å². The summed E-state index contributed by atoms with van der Waals surface area (Å²) in [5.74, 6) is 7.32. The van der Waals surface area contributed by atoms with Crippen molar-refractivity contribution in [1.82, 2.24) is 10.2 Å². The first kappa shape index (κ1) is 25.8. The summed E-state index contributed by atoms with van der Waals surface area (Å²) in [5.41, 5.74) is 3.75. The van der Waals surface area contributed by atoms with E-state index >= 15 is 0 Å². The fourth-order valence-electron chi connectivity index (χ4n) is 3.68.